The summed E-state index contributed by atoms with van der Waals surface area (Å²) in [7, 11) is 1.67. The molecule has 0 aliphatic heterocycles. The highest BCUT2D eigenvalue weighted by Gasteiger charge is 2.10. The zero-order chi connectivity index (χ0) is 12.4. The molecule has 1 aromatic heterocycles. The summed E-state index contributed by atoms with van der Waals surface area (Å²) >= 11 is 0. The van der Waals surface area contributed by atoms with Crippen molar-refractivity contribution in [1.29, 1.82) is 0 Å². The molecule has 0 saturated carbocycles. The van der Waals surface area contributed by atoms with E-state index >= 15 is 0 Å². The number of nitrogens with zero attached hydrogens (tertiary/aromatic N) is 1. The molecule has 90 valence electrons. The highest BCUT2D eigenvalue weighted by molar-refractivity contribution is 5.90. The third-order valence-corrected chi connectivity index (χ3v) is 2.48. The molecular formula is C14H17NO2. The molecule has 0 radical (unpaired) electrons. The van der Waals surface area contributed by atoms with E-state index in [-0.39, 0.29) is 6.10 Å². The van der Waals surface area contributed by atoms with E-state index in [0.717, 1.165) is 28.1 Å². The Morgan fingerprint density at radius 3 is 2.59 bits per heavy atom. The molecule has 2 rings (SSSR count). The fourth-order valence-electron chi connectivity index (χ4n) is 1.83. The van der Waals surface area contributed by atoms with Gasteiger partial charge in [0.1, 0.15) is 17.0 Å². The van der Waals surface area contributed by atoms with Crippen molar-refractivity contribution in [1.82, 2.24) is 4.98 Å². The smallest absolute Gasteiger partial charge is 0.146 e. The van der Waals surface area contributed by atoms with Crippen molar-refractivity contribution in [2.24, 2.45) is 0 Å². The van der Waals surface area contributed by atoms with Crippen LogP contribution in [0.2, 0.25) is 0 Å². The van der Waals surface area contributed by atoms with Gasteiger partial charge in [0.05, 0.1) is 13.2 Å². The predicted molar refractivity (Wildman–Crippen MR) is 68.8 cm³/mol. The second-order valence-electron chi connectivity index (χ2n) is 4.28. The normalized spacial score (nSPS) is 10.9. The van der Waals surface area contributed by atoms with Gasteiger partial charge in [-0.1, -0.05) is 6.07 Å². The maximum absolute atomic E-state index is 5.76. The minimum Gasteiger partial charge on any atom is -0.496 e. The number of fused-ring (bicyclic) bond motifs is 1. The molecule has 3 nitrogen and oxygen atoms in total. The maximum Gasteiger partial charge on any atom is 0.146 e. The second kappa shape index (κ2) is 4.62. The minimum atomic E-state index is 0.133. The van der Waals surface area contributed by atoms with Gasteiger partial charge in [-0.3, -0.25) is 0 Å². The Balaban J connectivity index is 2.66. The van der Waals surface area contributed by atoms with Crippen LogP contribution in [-0.4, -0.2) is 18.2 Å². The Kier molecular flexibility index (Phi) is 3.18. The molecule has 0 unspecified atom stereocenters. The standard InChI is InChI=1S/C14H17NO2/c1-9(2)17-12-7-5-6-11-13(16-4)8-10(3)15-14(11)12/h5-9H,1-4H3. The molecule has 0 spiro atoms. The van der Waals surface area contributed by atoms with Gasteiger partial charge in [-0.15, -0.1) is 0 Å². The third kappa shape index (κ3) is 2.33. The van der Waals surface area contributed by atoms with E-state index in [2.05, 4.69) is 4.98 Å². The lowest BCUT2D eigenvalue weighted by molar-refractivity contribution is 0.245. The number of methoxy groups -OCH3 is 1. The fourth-order valence-corrected chi connectivity index (χ4v) is 1.83. The summed E-state index contributed by atoms with van der Waals surface area (Å²) in [6, 6.07) is 7.82. The largest absolute Gasteiger partial charge is 0.496 e. The second-order valence-corrected chi connectivity index (χ2v) is 4.28. The van der Waals surface area contributed by atoms with Crippen molar-refractivity contribution in [2.75, 3.05) is 7.11 Å². The molecule has 17 heavy (non-hydrogen) atoms. The van der Waals surface area contributed by atoms with Crippen molar-refractivity contribution >= 4 is 10.9 Å². The number of ether oxygens (including phenoxy) is 2. The maximum atomic E-state index is 5.76. The van der Waals surface area contributed by atoms with E-state index in [4.69, 9.17) is 9.47 Å². The highest BCUT2D eigenvalue weighted by atomic mass is 16.5. The molecule has 0 bridgehead atoms. The van der Waals surface area contributed by atoms with Crippen LogP contribution in [0.25, 0.3) is 10.9 Å². The topological polar surface area (TPSA) is 31.4 Å². The van der Waals surface area contributed by atoms with Crippen molar-refractivity contribution in [3.05, 3.63) is 30.0 Å². The van der Waals surface area contributed by atoms with Gasteiger partial charge in [0.25, 0.3) is 0 Å². The van der Waals surface area contributed by atoms with Gasteiger partial charge < -0.3 is 9.47 Å². The monoisotopic (exact) mass is 231 g/mol. The lowest BCUT2D eigenvalue weighted by Crippen LogP contribution is -2.06. The van der Waals surface area contributed by atoms with Crippen LogP contribution >= 0.6 is 0 Å². The summed E-state index contributed by atoms with van der Waals surface area (Å²) in [5, 5.41) is 0.983. The Morgan fingerprint density at radius 1 is 1.18 bits per heavy atom. The van der Waals surface area contributed by atoms with Crippen molar-refractivity contribution in [3.8, 4) is 11.5 Å². The number of benzene rings is 1. The zero-order valence-electron chi connectivity index (χ0n) is 10.7. The van der Waals surface area contributed by atoms with Crippen LogP contribution in [0.1, 0.15) is 19.5 Å². The number of hydrogen-bond acceptors (Lipinski definition) is 3. The van der Waals surface area contributed by atoms with Crippen LogP contribution in [0.3, 0.4) is 0 Å². The molecule has 0 fully saturated rings. The van der Waals surface area contributed by atoms with Crippen LogP contribution in [0.15, 0.2) is 24.3 Å². The lowest BCUT2D eigenvalue weighted by atomic mass is 10.1. The van der Waals surface area contributed by atoms with Crippen LogP contribution in [-0.2, 0) is 0 Å². The van der Waals surface area contributed by atoms with Gasteiger partial charge >= 0.3 is 0 Å². The van der Waals surface area contributed by atoms with Gasteiger partial charge in [-0.2, -0.15) is 0 Å². The summed E-state index contributed by atoms with van der Waals surface area (Å²) in [4.78, 5) is 4.53. The number of rotatable bonds is 3. The number of aryl methyl sites for hydroxylation is 1. The molecule has 0 atom stereocenters. The summed E-state index contributed by atoms with van der Waals surface area (Å²) in [5.74, 6) is 1.64. The highest BCUT2D eigenvalue weighted by Crippen LogP contribution is 2.31. The summed E-state index contributed by atoms with van der Waals surface area (Å²) < 4.78 is 11.1. The lowest BCUT2D eigenvalue weighted by Gasteiger charge is -2.13. The van der Waals surface area contributed by atoms with Crippen LogP contribution in [0, 0.1) is 6.92 Å². The Hall–Kier alpha value is -1.77. The number of hydrogen-bond donors (Lipinski definition) is 0. The van der Waals surface area contributed by atoms with Gasteiger partial charge in [0.2, 0.25) is 0 Å². The first kappa shape index (κ1) is 11.7. The van der Waals surface area contributed by atoms with Crippen LogP contribution in [0.5, 0.6) is 11.5 Å². The fraction of sp³-hybridized carbons (Fsp3) is 0.357. The van der Waals surface area contributed by atoms with Gasteiger partial charge in [-0.25, -0.2) is 4.98 Å². The number of aromatic nitrogens is 1. The molecule has 1 aromatic carbocycles. The first-order chi connectivity index (χ1) is 8.11. The number of para-hydroxylation sites is 1. The van der Waals surface area contributed by atoms with E-state index < -0.39 is 0 Å². The molecule has 2 aromatic rings. The van der Waals surface area contributed by atoms with E-state index in [9.17, 15) is 0 Å². The average molecular weight is 231 g/mol. The van der Waals surface area contributed by atoms with E-state index in [1.807, 2.05) is 45.0 Å². The molecule has 0 saturated heterocycles. The Morgan fingerprint density at radius 2 is 1.94 bits per heavy atom. The Labute approximate surface area is 101 Å². The molecule has 3 heteroatoms. The molecule has 1 heterocycles. The van der Waals surface area contributed by atoms with Gasteiger partial charge in [-0.05, 0) is 32.9 Å². The van der Waals surface area contributed by atoms with E-state index in [1.165, 1.54) is 0 Å². The quantitative estimate of drug-likeness (QED) is 0.811. The Bertz CT molecular complexity index is 535. The minimum absolute atomic E-state index is 0.133. The van der Waals surface area contributed by atoms with Crippen LogP contribution < -0.4 is 9.47 Å². The first-order valence-corrected chi connectivity index (χ1v) is 5.73. The average Bonchev–Trinajstić information content (AvgIpc) is 2.28. The van der Waals surface area contributed by atoms with E-state index in [0.29, 0.717) is 0 Å². The molecule has 0 aliphatic rings. The van der Waals surface area contributed by atoms with Gasteiger partial charge in [0.15, 0.2) is 0 Å². The molecular weight excluding hydrogens is 214 g/mol. The molecule has 0 aliphatic carbocycles. The van der Waals surface area contributed by atoms with Crippen molar-refractivity contribution < 1.29 is 9.47 Å². The first-order valence-electron chi connectivity index (χ1n) is 5.73. The third-order valence-electron chi connectivity index (χ3n) is 2.48. The summed E-state index contributed by atoms with van der Waals surface area (Å²) in [6.07, 6.45) is 0.133. The van der Waals surface area contributed by atoms with Crippen molar-refractivity contribution in [2.45, 2.75) is 26.9 Å². The van der Waals surface area contributed by atoms with Crippen LogP contribution in [0.4, 0.5) is 0 Å². The SMILES string of the molecule is COc1cc(C)nc2c(OC(C)C)cccc12. The number of pyridine rings is 1. The van der Waals surface area contributed by atoms with E-state index in [1.54, 1.807) is 7.11 Å². The predicted octanol–water partition coefficient (Wildman–Crippen LogP) is 3.34. The molecule has 0 N–H and O–H groups in total. The van der Waals surface area contributed by atoms with Crippen molar-refractivity contribution in [3.63, 3.8) is 0 Å². The zero-order valence-corrected chi connectivity index (χ0v) is 10.7. The van der Waals surface area contributed by atoms with Gasteiger partial charge in [0, 0.05) is 17.1 Å². The summed E-state index contributed by atoms with van der Waals surface area (Å²) in [6.45, 7) is 5.96. The summed E-state index contributed by atoms with van der Waals surface area (Å²) in [5.41, 5.74) is 1.78. The molecule has 0 amide bonds.